The summed E-state index contributed by atoms with van der Waals surface area (Å²) >= 11 is 7.75. The third-order valence-electron chi connectivity index (χ3n) is 6.66. The molecule has 0 bridgehead atoms. The quantitative estimate of drug-likeness (QED) is 0.276. The average Bonchev–Trinajstić information content (AvgIpc) is 3.39. The van der Waals surface area contributed by atoms with Crippen molar-refractivity contribution in [2.75, 3.05) is 5.32 Å². The van der Waals surface area contributed by atoms with Crippen molar-refractivity contribution in [2.45, 2.75) is 39.5 Å². The number of aryl methyl sites for hydroxylation is 2. The molecule has 4 nitrogen and oxygen atoms in total. The number of halogens is 1. The van der Waals surface area contributed by atoms with Gasteiger partial charge in [0.25, 0.3) is 5.91 Å². The minimum absolute atomic E-state index is 0.0703. The van der Waals surface area contributed by atoms with E-state index in [1.54, 1.807) is 23.5 Å². The summed E-state index contributed by atoms with van der Waals surface area (Å²) in [5, 5.41) is 14.5. The zero-order valence-corrected chi connectivity index (χ0v) is 21.8. The number of carbonyl (C=O) groups is 1. The zero-order chi connectivity index (χ0) is 25.2. The van der Waals surface area contributed by atoms with Crippen molar-refractivity contribution in [1.29, 1.82) is 5.26 Å². The van der Waals surface area contributed by atoms with Gasteiger partial charge in [0, 0.05) is 27.0 Å². The highest BCUT2D eigenvalue weighted by atomic mass is 35.5. The monoisotopic (exact) mass is 511 g/mol. The maximum Gasteiger partial charge on any atom is 0.258 e. The molecule has 36 heavy (non-hydrogen) atoms. The van der Waals surface area contributed by atoms with Crippen LogP contribution in [0.25, 0.3) is 16.7 Å². The van der Waals surface area contributed by atoms with Gasteiger partial charge in [-0.25, -0.2) is 0 Å². The molecule has 2 aromatic carbocycles. The van der Waals surface area contributed by atoms with Crippen LogP contribution in [0.1, 0.15) is 56.2 Å². The lowest BCUT2D eigenvalue weighted by molar-refractivity contribution is 0.102. The minimum atomic E-state index is -0.0703. The Bertz CT molecular complexity index is 1500. The van der Waals surface area contributed by atoms with Gasteiger partial charge < -0.3 is 9.88 Å². The molecule has 0 unspecified atom stereocenters. The summed E-state index contributed by atoms with van der Waals surface area (Å²) in [4.78, 5) is 14.9. The van der Waals surface area contributed by atoms with Crippen molar-refractivity contribution in [2.24, 2.45) is 0 Å². The lowest BCUT2D eigenvalue weighted by Crippen LogP contribution is -2.17. The summed E-state index contributed by atoms with van der Waals surface area (Å²) in [5.41, 5.74) is 7.11. The van der Waals surface area contributed by atoms with Gasteiger partial charge >= 0.3 is 0 Å². The number of anilines is 1. The number of hydrogen-bond donors (Lipinski definition) is 1. The van der Waals surface area contributed by atoms with Crippen LogP contribution in [0.15, 0.2) is 60.7 Å². The van der Waals surface area contributed by atoms with Crippen molar-refractivity contribution in [3.05, 3.63) is 104 Å². The fourth-order valence-corrected chi connectivity index (χ4v) is 6.49. The van der Waals surface area contributed by atoms with Crippen LogP contribution in [0.5, 0.6) is 0 Å². The third kappa shape index (κ3) is 4.63. The van der Waals surface area contributed by atoms with Gasteiger partial charge in [-0.15, -0.1) is 11.3 Å². The highest BCUT2D eigenvalue weighted by Gasteiger charge is 2.28. The van der Waals surface area contributed by atoms with E-state index < -0.39 is 0 Å². The Labute approximate surface area is 220 Å². The van der Waals surface area contributed by atoms with E-state index in [4.69, 9.17) is 11.6 Å². The molecule has 0 saturated heterocycles. The predicted octanol–water partition coefficient (Wildman–Crippen LogP) is 8.00. The summed E-state index contributed by atoms with van der Waals surface area (Å²) < 4.78 is 2.17. The lowest BCUT2D eigenvalue weighted by atomic mass is 9.95. The predicted molar refractivity (Wildman–Crippen MR) is 149 cm³/mol. The highest BCUT2D eigenvalue weighted by Crippen LogP contribution is 2.39. The van der Waals surface area contributed by atoms with Gasteiger partial charge in [-0.2, -0.15) is 5.26 Å². The van der Waals surface area contributed by atoms with Crippen molar-refractivity contribution in [1.82, 2.24) is 4.57 Å². The summed E-state index contributed by atoms with van der Waals surface area (Å²) in [5.74, 6) is -0.0703. The number of hydrogen-bond acceptors (Lipinski definition) is 3. The number of thiophene rings is 1. The molecule has 5 rings (SSSR count). The van der Waals surface area contributed by atoms with Gasteiger partial charge in [-0.1, -0.05) is 41.9 Å². The van der Waals surface area contributed by atoms with E-state index >= 15 is 0 Å². The van der Waals surface area contributed by atoms with Gasteiger partial charge in [-0.3, -0.25) is 4.79 Å². The topological polar surface area (TPSA) is 57.8 Å². The molecule has 1 aliphatic rings. The molecule has 0 saturated carbocycles. The number of amides is 1. The van der Waals surface area contributed by atoms with E-state index in [0.717, 1.165) is 64.4 Å². The van der Waals surface area contributed by atoms with E-state index in [0.29, 0.717) is 10.6 Å². The third-order valence-corrected chi connectivity index (χ3v) is 8.19. The van der Waals surface area contributed by atoms with Crippen LogP contribution in [0, 0.1) is 25.2 Å². The standard InChI is InChI=1S/C30H26ClN3OS/c1-19-16-22(17-23(18-32)21-12-14-24(31)15-13-21)20(2)34(19)30-28(26-10-6-7-11-27(26)36-30)29(35)33-25-8-4-3-5-9-25/h3-5,8-9,12-17H,6-7,10-11H2,1-2H3,(H,33,35)/b23-17-. The molecular formula is C30H26ClN3OS. The summed E-state index contributed by atoms with van der Waals surface area (Å²) in [6.45, 7) is 4.10. The van der Waals surface area contributed by atoms with Gasteiger partial charge in [0.1, 0.15) is 5.00 Å². The molecule has 1 aliphatic carbocycles. The van der Waals surface area contributed by atoms with Crippen LogP contribution < -0.4 is 5.32 Å². The maximum atomic E-state index is 13.6. The molecule has 2 aromatic heterocycles. The first-order chi connectivity index (χ1) is 17.5. The summed E-state index contributed by atoms with van der Waals surface area (Å²) in [6.07, 6.45) is 6.09. The Hall–Kier alpha value is -3.59. The average molecular weight is 512 g/mol. The molecule has 0 aliphatic heterocycles. The van der Waals surface area contributed by atoms with Crippen LogP contribution in [0.2, 0.25) is 5.02 Å². The maximum absolute atomic E-state index is 13.6. The molecule has 0 fully saturated rings. The number of nitrogens with zero attached hydrogens (tertiary/aromatic N) is 2. The molecular weight excluding hydrogens is 486 g/mol. The van der Waals surface area contributed by atoms with Crippen LogP contribution in [-0.2, 0) is 12.8 Å². The number of benzene rings is 2. The molecule has 4 aromatic rings. The van der Waals surface area contributed by atoms with Gasteiger partial charge in [0.05, 0.1) is 17.2 Å². The lowest BCUT2D eigenvalue weighted by Gasteiger charge is -2.14. The number of rotatable bonds is 5. The second-order valence-electron chi connectivity index (χ2n) is 9.05. The Morgan fingerprint density at radius 1 is 1.08 bits per heavy atom. The number of para-hydroxylation sites is 1. The van der Waals surface area contributed by atoms with Crippen molar-refractivity contribution in [3.8, 4) is 11.1 Å². The van der Waals surface area contributed by atoms with Gasteiger partial charge in [-0.05, 0) is 92.6 Å². The van der Waals surface area contributed by atoms with Gasteiger partial charge in [0.2, 0.25) is 0 Å². The molecule has 0 atom stereocenters. The van der Waals surface area contributed by atoms with Crippen molar-refractivity contribution in [3.63, 3.8) is 0 Å². The van der Waals surface area contributed by atoms with E-state index in [9.17, 15) is 10.1 Å². The first-order valence-corrected chi connectivity index (χ1v) is 13.2. The number of aromatic nitrogens is 1. The fourth-order valence-electron chi connectivity index (χ4n) is 4.87. The highest BCUT2D eigenvalue weighted by molar-refractivity contribution is 7.15. The van der Waals surface area contributed by atoms with E-state index in [2.05, 4.69) is 28.9 Å². The number of fused-ring (bicyclic) bond motifs is 1. The minimum Gasteiger partial charge on any atom is -0.322 e. The van der Waals surface area contributed by atoms with Crippen LogP contribution >= 0.6 is 22.9 Å². The molecule has 0 spiro atoms. The molecule has 1 amide bonds. The fraction of sp³-hybridized carbons (Fsp3) is 0.200. The number of carbonyl (C=O) groups excluding carboxylic acids is 1. The van der Waals surface area contributed by atoms with Crippen LogP contribution in [-0.4, -0.2) is 10.5 Å². The summed E-state index contributed by atoms with van der Waals surface area (Å²) in [6, 6.07) is 21.3. The van der Waals surface area contributed by atoms with E-state index in [1.807, 2.05) is 55.5 Å². The molecule has 2 heterocycles. The Morgan fingerprint density at radius 3 is 2.53 bits per heavy atom. The van der Waals surface area contributed by atoms with E-state index in [-0.39, 0.29) is 5.91 Å². The first-order valence-electron chi connectivity index (χ1n) is 12.0. The first kappa shape index (κ1) is 24.1. The Kier molecular flexibility index (Phi) is 6.82. The Balaban J connectivity index is 1.60. The molecule has 180 valence electrons. The smallest absolute Gasteiger partial charge is 0.258 e. The number of allylic oxidation sites excluding steroid dienone is 1. The largest absolute Gasteiger partial charge is 0.322 e. The molecule has 6 heteroatoms. The van der Waals surface area contributed by atoms with Crippen molar-refractivity contribution >= 4 is 46.2 Å². The number of nitriles is 1. The van der Waals surface area contributed by atoms with E-state index in [1.165, 1.54) is 10.4 Å². The zero-order valence-electron chi connectivity index (χ0n) is 20.3. The SMILES string of the molecule is Cc1cc(/C=C(/C#N)c2ccc(Cl)cc2)c(C)n1-c1sc2c(c1C(=O)Nc1ccccc1)CCCC2. The Morgan fingerprint density at radius 2 is 1.81 bits per heavy atom. The van der Waals surface area contributed by atoms with Gasteiger partial charge in [0.15, 0.2) is 0 Å². The second-order valence-corrected chi connectivity index (χ2v) is 10.6. The molecule has 1 N–H and O–H groups in total. The second kappa shape index (κ2) is 10.2. The normalized spacial score (nSPS) is 13.2. The summed E-state index contributed by atoms with van der Waals surface area (Å²) in [7, 11) is 0. The van der Waals surface area contributed by atoms with Crippen molar-refractivity contribution < 1.29 is 4.79 Å². The van der Waals surface area contributed by atoms with Crippen LogP contribution in [0.4, 0.5) is 5.69 Å². The molecule has 0 radical (unpaired) electrons. The number of nitrogens with one attached hydrogen (secondary N) is 1. The van der Waals surface area contributed by atoms with Crippen LogP contribution in [0.3, 0.4) is 0 Å².